The van der Waals surface area contributed by atoms with Crippen molar-refractivity contribution in [3.05, 3.63) is 48.0 Å². The van der Waals surface area contributed by atoms with Gasteiger partial charge in [0.15, 0.2) is 0 Å². The molecule has 2 heteroatoms. The average Bonchev–Trinajstić information content (AvgIpc) is 2.55. The van der Waals surface area contributed by atoms with Crippen molar-refractivity contribution in [2.75, 3.05) is 6.54 Å². The summed E-state index contributed by atoms with van der Waals surface area (Å²) in [6, 6.07) is 14.9. The van der Waals surface area contributed by atoms with Crippen LogP contribution in [-0.4, -0.2) is 12.5 Å². The molecule has 1 aliphatic carbocycles. The highest BCUT2D eigenvalue weighted by molar-refractivity contribution is 5.83. The van der Waals surface area contributed by atoms with E-state index in [1.54, 1.807) is 0 Å². The van der Waals surface area contributed by atoms with Gasteiger partial charge < -0.3 is 5.32 Å². The largest absolute Gasteiger partial charge is 0.356 e. The van der Waals surface area contributed by atoms with Crippen LogP contribution in [0, 0.1) is 5.92 Å². The first kappa shape index (κ1) is 14.1. The first-order valence-electron chi connectivity index (χ1n) is 8.08. The molecule has 21 heavy (non-hydrogen) atoms. The van der Waals surface area contributed by atoms with Crippen LogP contribution in [-0.2, 0) is 11.2 Å². The van der Waals surface area contributed by atoms with Crippen molar-refractivity contribution in [2.24, 2.45) is 5.92 Å². The Morgan fingerprint density at radius 3 is 2.57 bits per heavy atom. The predicted molar refractivity (Wildman–Crippen MR) is 87.2 cm³/mol. The molecule has 0 heterocycles. The summed E-state index contributed by atoms with van der Waals surface area (Å²) in [5, 5.41) is 5.65. The number of rotatable bonds is 4. The summed E-state index contributed by atoms with van der Waals surface area (Å²) in [6.07, 6.45) is 6.76. The van der Waals surface area contributed by atoms with E-state index >= 15 is 0 Å². The van der Waals surface area contributed by atoms with E-state index in [1.165, 1.54) is 35.6 Å². The highest BCUT2D eigenvalue weighted by Gasteiger charge is 2.20. The molecule has 0 saturated heterocycles. The van der Waals surface area contributed by atoms with E-state index in [2.05, 4.69) is 47.8 Å². The Kier molecular flexibility index (Phi) is 4.54. The van der Waals surface area contributed by atoms with Crippen molar-refractivity contribution in [3.8, 4) is 0 Å². The molecule has 0 aromatic heterocycles. The van der Waals surface area contributed by atoms with Crippen LogP contribution < -0.4 is 5.32 Å². The zero-order chi connectivity index (χ0) is 14.5. The second-order valence-corrected chi connectivity index (χ2v) is 6.06. The van der Waals surface area contributed by atoms with Crippen LogP contribution in [0.25, 0.3) is 10.8 Å². The number of carbonyl (C=O) groups excluding carboxylic acids is 1. The summed E-state index contributed by atoms with van der Waals surface area (Å²) in [5.41, 5.74) is 1.29. The lowest BCUT2D eigenvalue weighted by Crippen LogP contribution is -2.33. The Balaban J connectivity index is 1.53. The van der Waals surface area contributed by atoms with Crippen LogP contribution in [0.1, 0.15) is 37.7 Å². The normalized spacial score (nSPS) is 16.0. The molecule has 2 aromatic carbocycles. The summed E-state index contributed by atoms with van der Waals surface area (Å²) in [7, 11) is 0. The van der Waals surface area contributed by atoms with E-state index in [9.17, 15) is 4.79 Å². The average molecular weight is 281 g/mol. The number of fused-ring (bicyclic) bond motifs is 1. The molecule has 2 aromatic rings. The molecule has 110 valence electrons. The molecule has 2 nitrogen and oxygen atoms in total. The van der Waals surface area contributed by atoms with E-state index in [0.29, 0.717) is 0 Å². The van der Waals surface area contributed by atoms with Gasteiger partial charge in [0.2, 0.25) is 5.91 Å². The minimum Gasteiger partial charge on any atom is -0.356 e. The SMILES string of the molecule is O=C(NCCc1ccc2ccccc2c1)C1CCCCC1. The fourth-order valence-corrected chi connectivity index (χ4v) is 3.23. The fraction of sp³-hybridized carbons (Fsp3) is 0.421. The molecule has 1 saturated carbocycles. The topological polar surface area (TPSA) is 29.1 Å². The smallest absolute Gasteiger partial charge is 0.223 e. The van der Waals surface area contributed by atoms with Gasteiger partial charge in [0.05, 0.1) is 0 Å². The van der Waals surface area contributed by atoms with Crippen molar-refractivity contribution in [1.82, 2.24) is 5.32 Å². The Morgan fingerprint density at radius 2 is 1.76 bits per heavy atom. The molecule has 0 aliphatic heterocycles. The van der Waals surface area contributed by atoms with Crippen LogP contribution in [0.3, 0.4) is 0 Å². The van der Waals surface area contributed by atoms with E-state index < -0.39 is 0 Å². The summed E-state index contributed by atoms with van der Waals surface area (Å²) < 4.78 is 0. The van der Waals surface area contributed by atoms with Crippen LogP contribution >= 0.6 is 0 Å². The van der Waals surface area contributed by atoms with Gasteiger partial charge in [-0.1, -0.05) is 61.7 Å². The Bertz CT molecular complexity index is 614. The Morgan fingerprint density at radius 1 is 1.00 bits per heavy atom. The molecule has 0 bridgehead atoms. The highest BCUT2D eigenvalue weighted by atomic mass is 16.1. The summed E-state index contributed by atoms with van der Waals surface area (Å²) in [6.45, 7) is 0.744. The van der Waals surface area contributed by atoms with E-state index in [-0.39, 0.29) is 11.8 Å². The molecule has 3 rings (SSSR count). The molecule has 0 radical (unpaired) electrons. The maximum atomic E-state index is 12.1. The lowest BCUT2D eigenvalue weighted by molar-refractivity contribution is -0.125. The van der Waals surface area contributed by atoms with Gasteiger partial charge >= 0.3 is 0 Å². The van der Waals surface area contributed by atoms with Gasteiger partial charge in [0.25, 0.3) is 0 Å². The van der Waals surface area contributed by atoms with Crippen LogP contribution in [0.5, 0.6) is 0 Å². The summed E-state index contributed by atoms with van der Waals surface area (Å²) in [4.78, 5) is 12.1. The third-order valence-electron chi connectivity index (χ3n) is 4.50. The second kappa shape index (κ2) is 6.75. The van der Waals surface area contributed by atoms with Gasteiger partial charge in [-0.2, -0.15) is 0 Å². The third kappa shape index (κ3) is 3.63. The maximum Gasteiger partial charge on any atom is 0.223 e. The summed E-state index contributed by atoms with van der Waals surface area (Å²) in [5.74, 6) is 0.519. The zero-order valence-electron chi connectivity index (χ0n) is 12.5. The van der Waals surface area contributed by atoms with Gasteiger partial charge in [-0.05, 0) is 35.6 Å². The van der Waals surface area contributed by atoms with Crippen molar-refractivity contribution in [1.29, 1.82) is 0 Å². The number of carbonyl (C=O) groups is 1. The Hall–Kier alpha value is -1.83. The van der Waals surface area contributed by atoms with Gasteiger partial charge in [-0.15, -0.1) is 0 Å². The number of hydrogen-bond acceptors (Lipinski definition) is 1. The third-order valence-corrected chi connectivity index (χ3v) is 4.50. The molecule has 0 atom stereocenters. The van der Waals surface area contributed by atoms with Crippen LogP contribution in [0.4, 0.5) is 0 Å². The molecule has 1 aliphatic rings. The first-order chi connectivity index (χ1) is 10.3. The van der Waals surface area contributed by atoms with E-state index in [1.807, 2.05) is 0 Å². The Labute approximate surface area is 126 Å². The van der Waals surface area contributed by atoms with Gasteiger partial charge in [0, 0.05) is 12.5 Å². The standard InChI is InChI=1S/C19H23NO/c21-19(17-7-2-1-3-8-17)20-13-12-15-10-11-16-6-4-5-9-18(16)14-15/h4-6,9-11,14,17H,1-3,7-8,12-13H2,(H,20,21). The fourth-order valence-electron chi connectivity index (χ4n) is 3.23. The maximum absolute atomic E-state index is 12.1. The van der Waals surface area contributed by atoms with Crippen LogP contribution in [0.15, 0.2) is 42.5 Å². The number of amides is 1. The lowest BCUT2D eigenvalue weighted by Gasteiger charge is -2.20. The minimum atomic E-state index is 0.260. The van der Waals surface area contributed by atoms with Gasteiger partial charge in [0.1, 0.15) is 0 Å². The van der Waals surface area contributed by atoms with Crippen LogP contribution in [0.2, 0.25) is 0 Å². The first-order valence-corrected chi connectivity index (χ1v) is 8.08. The van der Waals surface area contributed by atoms with Gasteiger partial charge in [-0.3, -0.25) is 4.79 Å². The summed E-state index contributed by atoms with van der Waals surface area (Å²) >= 11 is 0. The van der Waals surface area contributed by atoms with E-state index in [0.717, 1.165) is 25.8 Å². The molecule has 0 unspecified atom stereocenters. The minimum absolute atomic E-state index is 0.260. The molecule has 1 fully saturated rings. The predicted octanol–water partition coefficient (Wildman–Crippen LogP) is 4.08. The number of nitrogens with one attached hydrogen (secondary N) is 1. The quantitative estimate of drug-likeness (QED) is 0.899. The van der Waals surface area contributed by atoms with Crippen molar-refractivity contribution in [3.63, 3.8) is 0 Å². The van der Waals surface area contributed by atoms with Crippen molar-refractivity contribution < 1.29 is 4.79 Å². The molecular weight excluding hydrogens is 258 g/mol. The van der Waals surface area contributed by atoms with Crippen molar-refractivity contribution in [2.45, 2.75) is 38.5 Å². The molecule has 1 N–H and O–H groups in total. The van der Waals surface area contributed by atoms with Gasteiger partial charge in [-0.25, -0.2) is 0 Å². The monoisotopic (exact) mass is 281 g/mol. The number of hydrogen-bond donors (Lipinski definition) is 1. The molecule has 1 amide bonds. The van der Waals surface area contributed by atoms with E-state index in [4.69, 9.17) is 0 Å². The molecule has 0 spiro atoms. The highest BCUT2D eigenvalue weighted by Crippen LogP contribution is 2.23. The number of benzene rings is 2. The second-order valence-electron chi connectivity index (χ2n) is 6.06. The zero-order valence-corrected chi connectivity index (χ0v) is 12.5. The van der Waals surface area contributed by atoms with Crippen molar-refractivity contribution >= 4 is 16.7 Å². The molecular formula is C19H23NO. The lowest BCUT2D eigenvalue weighted by atomic mass is 9.88.